The highest BCUT2D eigenvalue weighted by molar-refractivity contribution is 5.79. The first-order valence-corrected chi connectivity index (χ1v) is 5.93. The third kappa shape index (κ3) is 4.51. The zero-order chi connectivity index (χ0) is 11.3. The van der Waals surface area contributed by atoms with Crippen molar-refractivity contribution in [2.45, 2.75) is 33.6 Å². The van der Waals surface area contributed by atoms with Crippen LogP contribution in [0.4, 0.5) is 0 Å². The Morgan fingerprint density at radius 3 is 2.60 bits per heavy atom. The van der Waals surface area contributed by atoms with Gasteiger partial charge in [-0.15, -0.1) is 0 Å². The van der Waals surface area contributed by atoms with Crippen molar-refractivity contribution in [2.75, 3.05) is 19.6 Å². The van der Waals surface area contributed by atoms with Crippen LogP contribution in [0.15, 0.2) is 4.99 Å². The molecule has 1 aliphatic rings. The van der Waals surface area contributed by atoms with Gasteiger partial charge in [0.25, 0.3) is 0 Å². The van der Waals surface area contributed by atoms with Gasteiger partial charge in [-0.25, -0.2) is 5.84 Å². The second kappa shape index (κ2) is 5.95. The normalized spacial score (nSPS) is 17.0. The molecule has 0 aromatic heterocycles. The molecule has 0 amide bonds. The van der Waals surface area contributed by atoms with Crippen LogP contribution in [0, 0.1) is 11.8 Å². The van der Waals surface area contributed by atoms with Crippen molar-refractivity contribution < 1.29 is 0 Å². The minimum absolute atomic E-state index is 0.577. The fourth-order valence-corrected chi connectivity index (χ4v) is 1.48. The molecule has 0 unspecified atom stereocenters. The zero-order valence-corrected chi connectivity index (χ0v) is 10.2. The Morgan fingerprint density at radius 2 is 2.20 bits per heavy atom. The smallest absolute Gasteiger partial charge is 0.208 e. The summed E-state index contributed by atoms with van der Waals surface area (Å²) in [6.07, 6.45) is 2.72. The summed E-state index contributed by atoms with van der Waals surface area (Å²) in [5.41, 5.74) is 2.72. The van der Waals surface area contributed by atoms with Crippen LogP contribution in [0.25, 0.3) is 0 Å². The quantitative estimate of drug-likeness (QED) is 0.311. The summed E-state index contributed by atoms with van der Waals surface area (Å²) >= 11 is 0. The third-order valence-electron chi connectivity index (χ3n) is 2.59. The van der Waals surface area contributed by atoms with Crippen LogP contribution >= 0.6 is 0 Å². The molecule has 0 radical (unpaired) electrons. The van der Waals surface area contributed by atoms with Gasteiger partial charge in [0.05, 0.1) is 0 Å². The van der Waals surface area contributed by atoms with E-state index in [2.05, 4.69) is 36.1 Å². The molecule has 1 rings (SSSR count). The van der Waals surface area contributed by atoms with Crippen molar-refractivity contribution in [1.29, 1.82) is 0 Å². The molecule has 4 nitrogen and oxygen atoms in total. The molecule has 88 valence electrons. The van der Waals surface area contributed by atoms with Gasteiger partial charge in [-0.2, -0.15) is 0 Å². The number of hydrazine groups is 1. The summed E-state index contributed by atoms with van der Waals surface area (Å²) in [4.78, 5) is 6.74. The van der Waals surface area contributed by atoms with E-state index in [1.165, 1.54) is 12.8 Å². The monoisotopic (exact) mass is 212 g/mol. The van der Waals surface area contributed by atoms with E-state index in [4.69, 9.17) is 5.84 Å². The lowest BCUT2D eigenvalue weighted by Crippen LogP contribution is -2.45. The highest BCUT2D eigenvalue weighted by Gasteiger charge is 2.24. The van der Waals surface area contributed by atoms with Crippen LogP contribution in [-0.4, -0.2) is 30.5 Å². The summed E-state index contributed by atoms with van der Waals surface area (Å²) in [5, 5.41) is 0. The number of nitrogens with one attached hydrogen (secondary N) is 1. The molecule has 0 spiro atoms. The number of nitrogens with zero attached hydrogens (tertiary/aromatic N) is 2. The van der Waals surface area contributed by atoms with Crippen LogP contribution < -0.4 is 11.3 Å². The molecule has 0 aliphatic heterocycles. The largest absolute Gasteiger partial charge is 0.342 e. The SMILES string of the molecule is CCN(CC1CC1)C(=NCC(C)C)NN. The van der Waals surface area contributed by atoms with Gasteiger partial charge in [0.2, 0.25) is 5.96 Å². The van der Waals surface area contributed by atoms with E-state index in [1.807, 2.05) is 0 Å². The number of hydrogen-bond acceptors (Lipinski definition) is 2. The maximum Gasteiger partial charge on any atom is 0.208 e. The molecule has 15 heavy (non-hydrogen) atoms. The summed E-state index contributed by atoms with van der Waals surface area (Å²) in [6, 6.07) is 0. The molecule has 4 heteroatoms. The van der Waals surface area contributed by atoms with Crippen LogP contribution in [0.3, 0.4) is 0 Å². The molecule has 1 fully saturated rings. The summed E-state index contributed by atoms with van der Waals surface area (Å²) in [6.45, 7) is 9.37. The molecule has 0 aromatic rings. The van der Waals surface area contributed by atoms with E-state index in [0.29, 0.717) is 5.92 Å². The van der Waals surface area contributed by atoms with E-state index in [-0.39, 0.29) is 0 Å². The van der Waals surface area contributed by atoms with Gasteiger partial charge < -0.3 is 4.90 Å². The lowest BCUT2D eigenvalue weighted by molar-refractivity contribution is 0.402. The van der Waals surface area contributed by atoms with E-state index < -0.39 is 0 Å². The van der Waals surface area contributed by atoms with E-state index in [9.17, 15) is 0 Å². The highest BCUT2D eigenvalue weighted by Crippen LogP contribution is 2.29. The predicted octanol–water partition coefficient (Wildman–Crippen LogP) is 1.19. The van der Waals surface area contributed by atoms with Crippen LogP contribution in [0.5, 0.6) is 0 Å². The first kappa shape index (κ1) is 12.3. The molecule has 3 N–H and O–H groups in total. The number of nitrogens with two attached hydrogens (primary N) is 1. The van der Waals surface area contributed by atoms with Gasteiger partial charge in [0, 0.05) is 19.6 Å². The Balaban J connectivity index is 2.47. The van der Waals surface area contributed by atoms with Gasteiger partial charge >= 0.3 is 0 Å². The Bertz CT molecular complexity index is 209. The fraction of sp³-hybridized carbons (Fsp3) is 0.909. The fourth-order valence-electron chi connectivity index (χ4n) is 1.48. The minimum atomic E-state index is 0.577. The average Bonchev–Trinajstić information content (AvgIpc) is 3.00. The van der Waals surface area contributed by atoms with Gasteiger partial charge in [0.15, 0.2) is 0 Å². The maximum atomic E-state index is 5.51. The third-order valence-corrected chi connectivity index (χ3v) is 2.59. The first-order valence-electron chi connectivity index (χ1n) is 5.93. The second-order valence-electron chi connectivity index (χ2n) is 4.68. The number of rotatable bonds is 5. The van der Waals surface area contributed by atoms with Crippen molar-refractivity contribution in [1.82, 2.24) is 10.3 Å². The van der Waals surface area contributed by atoms with Crippen LogP contribution in [0.1, 0.15) is 33.6 Å². The second-order valence-corrected chi connectivity index (χ2v) is 4.68. The number of hydrogen-bond donors (Lipinski definition) is 2. The summed E-state index contributed by atoms with van der Waals surface area (Å²) in [5.74, 6) is 7.79. The summed E-state index contributed by atoms with van der Waals surface area (Å²) in [7, 11) is 0. The van der Waals surface area contributed by atoms with Crippen LogP contribution in [0.2, 0.25) is 0 Å². The molecule has 0 saturated heterocycles. The highest BCUT2D eigenvalue weighted by atomic mass is 15.4. The predicted molar refractivity (Wildman–Crippen MR) is 64.4 cm³/mol. The van der Waals surface area contributed by atoms with E-state index in [1.54, 1.807) is 0 Å². The Kier molecular flexibility index (Phi) is 4.88. The topological polar surface area (TPSA) is 53.6 Å². The maximum absolute atomic E-state index is 5.51. The van der Waals surface area contributed by atoms with E-state index in [0.717, 1.165) is 31.5 Å². The summed E-state index contributed by atoms with van der Waals surface area (Å²) < 4.78 is 0. The van der Waals surface area contributed by atoms with E-state index >= 15 is 0 Å². The van der Waals surface area contributed by atoms with Crippen molar-refractivity contribution in [2.24, 2.45) is 22.7 Å². The van der Waals surface area contributed by atoms with Gasteiger partial charge in [0.1, 0.15) is 0 Å². The molecule has 0 aromatic carbocycles. The zero-order valence-electron chi connectivity index (χ0n) is 10.2. The Hall–Kier alpha value is -0.770. The number of aliphatic imine (C=N–C) groups is 1. The first-order chi connectivity index (χ1) is 7.17. The van der Waals surface area contributed by atoms with Gasteiger partial charge in [-0.05, 0) is 31.6 Å². The van der Waals surface area contributed by atoms with Crippen LogP contribution in [-0.2, 0) is 0 Å². The van der Waals surface area contributed by atoms with Crippen molar-refractivity contribution in [3.63, 3.8) is 0 Å². The van der Waals surface area contributed by atoms with Gasteiger partial charge in [-0.3, -0.25) is 10.4 Å². The number of guanidine groups is 1. The van der Waals surface area contributed by atoms with Crippen molar-refractivity contribution in [3.8, 4) is 0 Å². The molecule has 1 saturated carbocycles. The standard InChI is InChI=1S/C11H24N4/c1-4-15(8-10-5-6-10)11(14-12)13-7-9(2)3/h9-10H,4-8,12H2,1-3H3,(H,13,14). The average molecular weight is 212 g/mol. The molecule has 0 bridgehead atoms. The molecular weight excluding hydrogens is 188 g/mol. The van der Waals surface area contributed by atoms with Gasteiger partial charge in [-0.1, -0.05) is 13.8 Å². The lowest BCUT2D eigenvalue weighted by atomic mass is 10.2. The molecular formula is C11H24N4. The molecule has 0 heterocycles. The Morgan fingerprint density at radius 1 is 1.53 bits per heavy atom. The Labute approximate surface area is 92.9 Å². The molecule has 0 atom stereocenters. The van der Waals surface area contributed by atoms with Crippen molar-refractivity contribution in [3.05, 3.63) is 0 Å². The lowest BCUT2D eigenvalue weighted by Gasteiger charge is -2.24. The minimum Gasteiger partial charge on any atom is -0.342 e. The van der Waals surface area contributed by atoms with Crippen molar-refractivity contribution >= 4 is 5.96 Å². The molecule has 1 aliphatic carbocycles.